The molecule has 0 spiro atoms. The van der Waals surface area contributed by atoms with E-state index >= 15 is 0 Å². The molecule has 16 heavy (non-hydrogen) atoms. The van der Waals surface area contributed by atoms with Crippen molar-refractivity contribution in [2.24, 2.45) is 0 Å². The topological polar surface area (TPSA) is 0 Å². The first-order valence-corrected chi connectivity index (χ1v) is 7.02. The molecule has 0 aliphatic rings. The van der Waals surface area contributed by atoms with Gasteiger partial charge in [-0.1, -0.05) is 0 Å². The molecular weight excluding hydrogens is 229 g/mol. The summed E-state index contributed by atoms with van der Waals surface area (Å²) in [6.45, 7) is 0. The second-order valence-corrected chi connectivity index (χ2v) is 6.61. The summed E-state index contributed by atoms with van der Waals surface area (Å²) in [7, 11) is -6.70. The molecule has 0 N–H and O–H groups in total. The van der Waals surface area contributed by atoms with Crippen LogP contribution in [-0.2, 0) is 0 Å². The zero-order valence-electron chi connectivity index (χ0n) is 8.41. The van der Waals surface area contributed by atoms with Gasteiger partial charge in [0.1, 0.15) is 0 Å². The fourth-order valence-corrected chi connectivity index (χ4v) is 3.40. The van der Waals surface area contributed by atoms with Gasteiger partial charge in [0.05, 0.1) is 0 Å². The van der Waals surface area contributed by atoms with Crippen molar-refractivity contribution in [1.82, 2.24) is 0 Å². The van der Waals surface area contributed by atoms with Crippen LogP contribution in [0.15, 0.2) is 60.7 Å². The van der Waals surface area contributed by atoms with Crippen molar-refractivity contribution in [2.75, 3.05) is 0 Å². The monoisotopic (exact) mass is 239 g/mol. The van der Waals surface area contributed by atoms with Crippen molar-refractivity contribution in [1.29, 1.82) is 0 Å². The van der Waals surface area contributed by atoms with Crippen molar-refractivity contribution in [3.05, 3.63) is 60.7 Å². The fraction of sp³-hybridized carbons (Fsp3) is 0. The van der Waals surface area contributed by atoms with Gasteiger partial charge in [-0.3, -0.25) is 0 Å². The quantitative estimate of drug-likeness (QED) is 0.558. The van der Waals surface area contributed by atoms with Gasteiger partial charge >= 0.3 is 91.7 Å². The Morgan fingerprint density at radius 3 is 1.19 bits per heavy atom. The molecule has 0 saturated heterocycles. The standard InChI is InChI=1S/C12H10F3Si/c13-16(14,15,11-7-3-1-4-8-11)12-9-5-2-6-10-12/h1-10H/q-1. The Balaban J connectivity index is 2.60. The van der Waals surface area contributed by atoms with Gasteiger partial charge in [-0.05, 0) is 0 Å². The zero-order chi connectivity index (χ0) is 11.7. The van der Waals surface area contributed by atoms with Gasteiger partial charge in [0.25, 0.3) is 0 Å². The molecule has 0 nitrogen and oxygen atoms in total. The maximum absolute atomic E-state index is 14.1. The van der Waals surface area contributed by atoms with Gasteiger partial charge in [0, 0.05) is 0 Å². The van der Waals surface area contributed by atoms with E-state index in [1.165, 1.54) is 24.3 Å². The summed E-state index contributed by atoms with van der Waals surface area (Å²) in [5.41, 5.74) is 0. The van der Waals surface area contributed by atoms with Crippen LogP contribution in [0.2, 0.25) is 0 Å². The van der Waals surface area contributed by atoms with E-state index in [9.17, 15) is 12.3 Å². The Bertz CT molecular complexity index is 430. The van der Waals surface area contributed by atoms with Crippen molar-refractivity contribution >= 4 is 18.7 Å². The average Bonchev–Trinajstić information content (AvgIpc) is 2.31. The second kappa shape index (κ2) is 3.49. The normalized spacial score (nSPS) is 14.1. The molecule has 0 aromatic heterocycles. The summed E-state index contributed by atoms with van der Waals surface area (Å²) in [5.74, 6) is 0. The molecule has 84 valence electrons. The molecule has 0 heterocycles. The molecule has 0 bridgehead atoms. The SMILES string of the molecule is F[Si-](F)(F)(c1ccccc1)c1ccccc1. The number of halogens is 3. The van der Waals surface area contributed by atoms with Gasteiger partial charge in [-0.25, -0.2) is 0 Å². The minimum absolute atomic E-state index is 0.506. The molecule has 4 heteroatoms. The second-order valence-electron chi connectivity index (χ2n) is 3.64. The van der Waals surface area contributed by atoms with E-state index in [4.69, 9.17) is 0 Å². The van der Waals surface area contributed by atoms with Crippen LogP contribution in [0.3, 0.4) is 0 Å². The number of rotatable bonds is 2. The molecular formula is C12H10F3Si-. The van der Waals surface area contributed by atoms with Crippen LogP contribution in [0.1, 0.15) is 0 Å². The van der Waals surface area contributed by atoms with Crippen molar-refractivity contribution in [3.63, 3.8) is 0 Å². The van der Waals surface area contributed by atoms with E-state index in [1.807, 2.05) is 0 Å². The fourth-order valence-electron chi connectivity index (χ4n) is 1.59. The molecule has 2 aromatic rings. The Kier molecular flexibility index (Phi) is 2.39. The summed E-state index contributed by atoms with van der Waals surface area (Å²) in [6.07, 6.45) is 0. The van der Waals surface area contributed by atoms with E-state index in [2.05, 4.69) is 0 Å². The molecule has 0 aliphatic carbocycles. The summed E-state index contributed by atoms with van der Waals surface area (Å²) in [5, 5.41) is -1.01. The average molecular weight is 239 g/mol. The van der Waals surface area contributed by atoms with Crippen molar-refractivity contribution < 1.29 is 12.3 Å². The minimum atomic E-state index is -6.70. The third-order valence-electron chi connectivity index (χ3n) is 2.49. The van der Waals surface area contributed by atoms with Gasteiger partial charge in [-0.15, -0.1) is 0 Å². The Labute approximate surface area is 92.3 Å². The predicted octanol–water partition coefficient (Wildman–Crippen LogP) is 2.60. The van der Waals surface area contributed by atoms with Crippen molar-refractivity contribution in [3.8, 4) is 0 Å². The zero-order valence-corrected chi connectivity index (χ0v) is 9.41. The van der Waals surface area contributed by atoms with Crippen LogP contribution in [0.5, 0.6) is 0 Å². The molecule has 2 rings (SSSR count). The summed E-state index contributed by atoms with van der Waals surface area (Å²) >= 11 is 0. The summed E-state index contributed by atoms with van der Waals surface area (Å²) in [4.78, 5) is 0. The van der Waals surface area contributed by atoms with E-state index < -0.39 is 18.7 Å². The number of benzene rings is 2. The van der Waals surface area contributed by atoms with E-state index in [1.54, 1.807) is 12.1 Å². The molecule has 0 fully saturated rings. The van der Waals surface area contributed by atoms with Crippen LogP contribution in [0.25, 0.3) is 0 Å². The Morgan fingerprint density at radius 2 is 0.875 bits per heavy atom. The molecule has 2 aromatic carbocycles. The molecule has 0 amide bonds. The third kappa shape index (κ3) is 1.76. The van der Waals surface area contributed by atoms with Crippen LogP contribution in [-0.4, -0.2) is 8.35 Å². The van der Waals surface area contributed by atoms with Crippen LogP contribution < -0.4 is 10.4 Å². The molecule has 0 saturated carbocycles. The summed E-state index contributed by atoms with van der Waals surface area (Å²) < 4.78 is 42.2. The van der Waals surface area contributed by atoms with E-state index in [-0.39, 0.29) is 0 Å². The van der Waals surface area contributed by atoms with Crippen LogP contribution >= 0.6 is 0 Å². The third-order valence-corrected chi connectivity index (χ3v) is 5.04. The first-order chi connectivity index (χ1) is 7.49. The van der Waals surface area contributed by atoms with E-state index in [0.717, 1.165) is 24.3 Å². The van der Waals surface area contributed by atoms with Gasteiger partial charge in [0.15, 0.2) is 0 Å². The number of hydrogen-bond acceptors (Lipinski definition) is 0. The maximum atomic E-state index is 14.1. The molecule has 0 radical (unpaired) electrons. The van der Waals surface area contributed by atoms with Gasteiger partial charge in [-0.2, -0.15) is 0 Å². The van der Waals surface area contributed by atoms with Crippen LogP contribution in [0.4, 0.5) is 12.3 Å². The molecule has 0 aliphatic heterocycles. The van der Waals surface area contributed by atoms with Crippen LogP contribution in [0, 0.1) is 0 Å². The summed E-state index contributed by atoms with van der Waals surface area (Å²) in [6, 6.07) is 13.4. The predicted molar refractivity (Wildman–Crippen MR) is 61.2 cm³/mol. The first kappa shape index (κ1) is 10.9. The molecule has 0 atom stereocenters. The first-order valence-electron chi connectivity index (χ1n) is 4.89. The van der Waals surface area contributed by atoms with Gasteiger partial charge in [0.2, 0.25) is 0 Å². The number of hydrogen-bond donors (Lipinski definition) is 0. The van der Waals surface area contributed by atoms with Gasteiger partial charge < -0.3 is 0 Å². The van der Waals surface area contributed by atoms with Crippen molar-refractivity contribution in [2.45, 2.75) is 0 Å². The Hall–Kier alpha value is -1.55. The van der Waals surface area contributed by atoms with E-state index in [0.29, 0.717) is 0 Å². The molecule has 0 unspecified atom stereocenters. The Morgan fingerprint density at radius 1 is 0.562 bits per heavy atom.